The Morgan fingerprint density at radius 1 is 1.18 bits per heavy atom. The van der Waals surface area contributed by atoms with Gasteiger partial charge in [-0.3, -0.25) is 0 Å². The molecule has 6 nitrogen and oxygen atoms in total. The molecular formula is C22H28N4O2. The number of piperazine rings is 1. The number of rotatable bonds is 4. The Kier molecular flexibility index (Phi) is 5.87. The molecule has 1 N–H and O–H groups in total. The quantitative estimate of drug-likeness (QED) is 0.868. The maximum atomic E-state index is 12.7. The highest BCUT2D eigenvalue weighted by Gasteiger charge is 2.23. The second kappa shape index (κ2) is 8.33. The van der Waals surface area contributed by atoms with E-state index < -0.39 is 0 Å². The maximum Gasteiger partial charge on any atom is 0.322 e. The number of hydrogen-bond acceptors (Lipinski definition) is 4. The summed E-state index contributed by atoms with van der Waals surface area (Å²) in [5.74, 6) is 0.436. The number of nitrogens with zero attached hydrogens (tertiary/aromatic N) is 3. The maximum absolute atomic E-state index is 12.7. The first-order valence-corrected chi connectivity index (χ1v) is 9.48. The van der Waals surface area contributed by atoms with Gasteiger partial charge in [-0.05, 0) is 44.0 Å². The van der Waals surface area contributed by atoms with Gasteiger partial charge >= 0.3 is 6.03 Å². The molecule has 1 fully saturated rings. The van der Waals surface area contributed by atoms with E-state index in [1.807, 2.05) is 43.9 Å². The van der Waals surface area contributed by atoms with Crippen molar-refractivity contribution in [3.63, 3.8) is 0 Å². The number of amides is 2. The summed E-state index contributed by atoms with van der Waals surface area (Å²) in [4.78, 5) is 21.3. The highest BCUT2D eigenvalue weighted by molar-refractivity contribution is 5.91. The van der Waals surface area contributed by atoms with E-state index in [1.165, 1.54) is 5.69 Å². The molecule has 0 saturated carbocycles. The Morgan fingerprint density at radius 2 is 1.86 bits per heavy atom. The molecule has 6 heteroatoms. The molecule has 1 aliphatic heterocycles. The van der Waals surface area contributed by atoms with E-state index in [9.17, 15) is 4.79 Å². The predicted molar refractivity (Wildman–Crippen MR) is 114 cm³/mol. The number of carbonyl (C=O) groups is 1. The minimum Gasteiger partial charge on any atom is -0.480 e. The summed E-state index contributed by atoms with van der Waals surface area (Å²) in [7, 11) is 1.56. The Morgan fingerprint density at radius 3 is 2.50 bits per heavy atom. The van der Waals surface area contributed by atoms with Crippen molar-refractivity contribution in [2.24, 2.45) is 0 Å². The van der Waals surface area contributed by atoms with Crippen LogP contribution in [0.25, 0.3) is 5.57 Å². The summed E-state index contributed by atoms with van der Waals surface area (Å²) in [6.07, 6.45) is 0. The highest BCUT2D eigenvalue weighted by atomic mass is 16.5. The van der Waals surface area contributed by atoms with Crippen LogP contribution in [0.15, 0.2) is 36.9 Å². The van der Waals surface area contributed by atoms with Gasteiger partial charge in [0.25, 0.3) is 0 Å². The Labute approximate surface area is 166 Å². The normalized spacial score (nSPS) is 14.0. The van der Waals surface area contributed by atoms with Crippen LogP contribution in [-0.2, 0) is 0 Å². The molecule has 2 aromatic rings. The number of nitrogens with one attached hydrogen (secondary N) is 1. The van der Waals surface area contributed by atoms with Crippen molar-refractivity contribution in [1.82, 2.24) is 9.88 Å². The molecule has 0 radical (unpaired) electrons. The average Bonchev–Trinajstić information content (AvgIpc) is 2.70. The second-order valence-electron chi connectivity index (χ2n) is 7.15. The average molecular weight is 380 g/mol. The number of hydrogen-bond donors (Lipinski definition) is 1. The number of aryl methyl sites for hydroxylation is 2. The summed E-state index contributed by atoms with van der Waals surface area (Å²) < 4.78 is 5.32. The lowest BCUT2D eigenvalue weighted by Gasteiger charge is -2.37. The number of aromatic nitrogens is 1. The molecule has 0 atom stereocenters. The Hall–Kier alpha value is -3.02. The van der Waals surface area contributed by atoms with Crippen LogP contribution in [-0.4, -0.2) is 49.2 Å². The molecule has 1 aliphatic rings. The number of carbonyl (C=O) groups excluding carboxylic acids is 1. The van der Waals surface area contributed by atoms with E-state index in [0.717, 1.165) is 35.5 Å². The van der Waals surface area contributed by atoms with Gasteiger partial charge in [-0.25, -0.2) is 9.78 Å². The SMILES string of the molecule is C=C(C)c1ccccc1N1CCN(C(=O)Nc2cc(C)c(C)nc2OC)CC1. The van der Waals surface area contributed by atoms with Crippen molar-refractivity contribution in [3.05, 3.63) is 53.7 Å². The standard InChI is InChI=1S/C22H28N4O2/c1-15(2)18-8-6-7-9-20(18)25-10-12-26(13-11-25)22(27)24-19-14-16(3)17(4)23-21(19)28-5/h6-9,14H,1,10-13H2,2-5H3,(H,24,27). The number of benzene rings is 1. The summed E-state index contributed by atoms with van der Waals surface area (Å²) in [6.45, 7) is 12.8. The molecule has 2 heterocycles. The van der Waals surface area contributed by atoms with Crippen LogP contribution >= 0.6 is 0 Å². The van der Waals surface area contributed by atoms with Crippen LogP contribution in [0.5, 0.6) is 5.88 Å². The van der Waals surface area contributed by atoms with Crippen LogP contribution in [0.3, 0.4) is 0 Å². The van der Waals surface area contributed by atoms with Crippen LogP contribution < -0.4 is 15.0 Å². The zero-order chi connectivity index (χ0) is 20.3. The number of ether oxygens (including phenoxy) is 1. The topological polar surface area (TPSA) is 57.7 Å². The van der Waals surface area contributed by atoms with Crippen LogP contribution in [0, 0.1) is 13.8 Å². The zero-order valence-corrected chi connectivity index (χ0v) is 17.1. The fourth-order valence-electron chi connectivity index (χ4n) is 3.38. The fourth-order valence-corrected chi connectivity index (χ4v) is 3.38. The van der Waals surface area contributed by atoms with E-state index in [1.54, 1.807) is 7.11 Å². The van der Waals surface area contributed by atoms with Gasteiger partial charge in [0.15, 0.2) is 0 Å². The molecule has 3 rings (SSSR count). The van der Waals surface area contributed by atoms with Crippen molar-refractivity contribution in [1.29, 1.82) is 0 Å². The van der Waals surface area contributed by atoms with Gasteiger partial charge in [0.05, 0.1) is 7.11 Å². The lowest BCUT2D eigenvalue weighted by Crippen LogP contribution is -2.50. The van der Waals surface area contributed by atoms with Crippen LogP contribution in [0.1, 0.15) is 23.7 Å². The van der Waals surface area contributed by atoms with Gasteiger partial charge in [0, 0.05) is 43.1 Å². The molecule has 1 saturated heterocycles. The molecule has 0 spiro atoms. The number of para-hydroxylation sites is 1. The number of pyridine rings is 1. The van der Waals surface area contributed by atoms with Gasteiger partial charge in [-0.15, -0.1) is 0 Å². The van der Waals surface area contributed by atoms with Crippen molar-refractivity contribution in [2.45, 2.75) is 20.8 Å². The molecule has 1 aromatic heterocycles. The lowest BCUT2D eigenvalue weighted by molar-refractivity contribution is 0.208. The van der Waals surface area contributed by atoms with Gasteiger partial charge in [0.1, 0.15) is 5.69 Å². The molecule has 1 aromatic carbocycles. The number of methoxy groups -OCH3 is 1. The second-order valence-corrected chi connectivity index (χ2v) is 7.15. The van der Waals surface area contributed by atoms with E-state index in [0.29, 0.717) is 24.7 Å². The molecule has 28 heavy (non-hydrogen) atoms. The van der Waals surface area contributed by atoms with Crippen molar-refractivity contribution < 1.29 is 9.53 Å². The lowest BCUT2D eigenvalue weighted by atomic mass is 10.1. The first kappa shape index (κ1) is 19.7. The number of allylic oxidation sites excluding steroid dienone is 1. The monoisotopic (exact) mass is 380 g/mol. The molecule has 0 unspecified atom stereocenters. The number of anilines is 2. The third-order valence-corrected chi connectivity index (χ3v) is 5.14. The summed E-state index contributed by atoms with van der Waals surface area (Å²) >= 11 is 0. The highest BCUT2D eigenvalue weighted by Crippen LogP contribution is 2.28. The smallest absolute Gasteiger partial charge is 0.322 e. The van der Waals surface area contributed by atoms with Crippen LogP contribution in [0.2, 0.25) is 0 Å². The largest absolute Gasteiger partial charge is 0.480 e. The van der Waals surface area contributed by atoms with E-state index in [-0.39, 0.29) is 6.03 Å². The van der Waals surface area contributed by atoms with Gasteiger partial charge < -0.3 is 19.9 Å². The Bertz CT molecular complexity index is 886. The third-order valence-electron chi connectivity index (χ3n) is 5.14. The first-order valence-electron chi connectivity index (χ1n) is 9.48. The van der Waals surface area contributed by atoms with Gasteiger partial charge in [0.2, 0.25) is 5.88 Å². The minimum absolute atomic E-state index is 0.129. The van der Waals surface area contributed by atoms with E-state index in [4.69, 9.17) is 4.74 Å². The first-order chi connectivity index (χ1) is 13.4. The molecular weight excluding hydrogens is 352 g/mol. The summed E-state index contributed by atoms with van der Waals surface area (Å²) in [5.41, 5.74) is 5.88. The third kappa shape index (κ3) is 4.11. The van der Waals surface area contributed by atoms with Gasteiger partial charge in [-0.2, -0.15) is 0 Å². The molecule has 0 aliphatic carbocycles. The zero-order valence-electron chi connectivity index (χ0n) is 17.1. The van der Waals surface area contributed by atoms with Crippen LogP contribution in [0.4, 0.5) is 16.2 Å². The summed E-state index contributed by atoms with van der Waals surface area (Å²) in [6, 6.07) is 10.1. The Balaban J connectivity index is 1.67. The van der Waals surface area contributed by atoms with Crippen molar-refractivity contribution >= 4 is 23.0 Å². The fraction of sp³-hybridized carbons (Fsp3) is 0.364. The van der Waals surface area contributed by atoms with E-state index >= 15 is 0 Å². The minimum atomic E-state index is -0.129. The predicted octanol–water partition coefficient (Wildman–Crippen LogP) is 4.09. The molecule has 148 valence electrons. The number of urea groups is 1. The van der Waals surface area contributed by atoms with Crippen molar-refractivity contribution in [3.8, 4) is 5.88 Å². The summed E-state index contributed by atoms with van der Waals surface area (Å²) in [5, 5.41) is 2.95. The molecule has 2 amide bonds. The van der Waals surface area contributed by atoms with E-state index in [2.05, 4.69) is 33.9 Å². The van der Waals surface area contributed by atoms with Gasteiger partial charge in [-0.1, -0.05) is 24.8 Å². The van der Waals surface area contributed by atoms with Crippen molar-refractivity contribution in [2.75, 3.05) is 43.5 Å². The molecule has 0 bridgehead atoms.